The van der Waals surface area contributed by atoms with Crippen LogP contribution in [0.2, 0.25) is 0 Å². The smallest absolute Gasteiger partial charge is 0.252 e. The lowest BCUT2D eigenvalue weighted by atomic mass is 10.1. The standard InChI is InChI=1S/C13H16N2O2/c1-3-5-10(8-14)15-13(17)11-6-4-7-12(16)9(11)2/h4,6-7,10,16H,3,5H2,1-2H3,(H,15,17). The lowest BCUT2D eigenvalue weighted by molar-refractivity contribution is 0.0943. The summed E-state index contributed by atoms with van der Waals surface area (Å²) in [6, 6.07) is 6.33. The molecule has 0 fully saturated rings. The third-order valence-electron chi connectivity index (χ3n) is 2.59. The molecule has 17 heavy (non-hydrogen) atoms. The second-order valence-electron chi connectivity index (χ2n) is 3.89. The van der Waals surface area contributed by atoms with Gasteiger partial charge >= 0.3 is 0 Å². The van der Waals surface area contributed by atoms with E-state index in [4.69, 9.17) is 5.26 Å². The van der Waals surface area contributed by atoms with Gasteiger partial charge in [0.15, 0.2) is 0 Å². The number of rotatable bonds is 4. The molecule has 4 nitrogen and oxygen atoms in total. The van der Waals surface area contributed by atoms with Gasteiger partial charge in [0.2, 0.25) is 0 Å². The average Bonchev–Trinajstić information content (AvgIpc) is 2.31. The molecule has 1 rings (SSSR count). The number of amides is 1. The van der Waals surface area contributed by atoms with Crippen LogP contribution in [0.25, 0.3) is 0 Å². The van der Waals surface area contributed by atoms with Crippen molar-refractivity contribution >= 4 is 5.91 Å². The fourth-order valence-corrected chi connectivity index (χ4v) is 1.56. The number of aromatic hydroxyl groups is 1. The van der Waals surface area contributed by atoms with Gasteiger partial charge in [0, 0.05) is 11.1 Å². The van der Waals surface area contributed by atoms with E-state index in [0.29, 0.717) is 17.5 Å². The van der Waals surface area contributed by atoms with E-state index in [9.17, 15) is 9.90 Å². The monoisotopic (exact) mass is 232 g/mol. The Kier molecular flexibility index (Phi) is 4.53. The maximum atomic E-state index is 11.9. The summed E-state index contributed by atoms with van der Waals surface area (Å²) in [5, 5.41) is 21.0. The van der Waals surface area contributed by atoms with Gasteiger partial charge in [-0.05, 0) is 25.5 Å². The lowest BCUT2D eigenvalue weighted by Crippen LogP contribution is -2.33. The summed E-state index contributed by atoms with van der Waals surface area (Å²) in [6.45, 7) is 3.63. The van der Waals surface area contributed by atoms with Crippen LogP contribution >= 0.6 is 0 Å². The Balaban J connectivity index is 2.83. The largest absolute Gasteiger partial charge is 0.508 e. The van der Waals surface area contributed by atoms with E-state index < -0.39 is 6.04 Å². The van der Waals surface area contributed by atoms with E-state index in [2.05, 4.69) is 5.32 Å². The molecule has 0 radical (unpaired) electrons. The van der Waals surface area contributed by atoms with Crippen molar-refractivity contribution in [2.45, 2.75) is 32.7 Å². The maximum Gasteiger partial charge on any atom is 0.252 e. The van der Waals surface area contributed by atoms with Gasteiger partial charge < -0.3 is 10.4 Å². The highest BCUT2D eigenvalue weighted by Gasteiger charge is 2.15. The number of phenolic OH excluding ortho intramolecular Hbond substituents is 1. The normalized spacial score (nSPS) is 11.6. The summed E-state index contributed by atoms with van der Waals surface area (Å²) >= 11 is 0. The number of nitriles is 1. The van der Waals surface area contributed by atoms with Crippen molar-refractivity contribution in [3.05, 3.63) is 29.3 Å². The molecule has 0 aliphatic rings. The van der Waals surface area contributed by atoms with Crippen molar-refractivity contribution in [3.63, 3.8) is 0 Å². The molecule has 4 heteroatoms. The van der Waals surface area contributed by atoms with Crippen LogP contribution in [0.15, 0.2) is 18.2 Å². The minimum atomic E-state index is -0.478. The number of nitrogens with one attached hydrogen (secondary N) is 1. The number of carbonyl (C=O) groups excluding carboxylic acids is 1. The van der Waals surface area contributed by atoms with Crippen LogP contribution in [0.3, 0.4) is 0 Å². The van der Waals surface area contributed by atoms with E-state index >= 15 is 0 Å². The van der Waals surface area contributed by atoms with Gasteiger partial charge in [0.1, 0.15) is 11.8 Å². The molecule has 90 valence electrons. The quantitative estimate of drug-likeness (QED) is 0.835. The van der Waals surface area contributed by atoms with E-state index in [1.807, 2.05) is 13.0 Å². The van der Waals surface area contributed by atoms with Gasteiger partial charge in [-0.15, -0.1) is 0 Å². The van der Waals surface area contributed by atoms with Crippen LogP contribution in [0.1, 0.15) is 35.7 Å². The van der Waals surface area contributed by atoms with Crippen molar-refractivity contribution in [3.8, 4) is 11.8 Å². The van der Waals surface area contributed by atoms with Crippen LogP contribution in [0.5, 0.6) is 5.75 Å². The predicted octanol–water partition coefficient (Wildman–Crippen LogP) is 2.12. The fraction of sp³-hybridized carbons (Fsp3) is 0.385. The fourth-order valence-electron chi connectivity index (χ4n) is 1.56. The van der Waals surface area contributed by atoms with E-state index in [1.54, 1.807) is 19.1 Å². The molecule has 1 amide bonds. The van der Waals surface area contributed by atoms with Crippen LogP contribution < -0.4 is 5.32 Å². The topological polar surface area (TPSA) is 73.1 Å². The summed E-state index contributed by atoms with van der Waals surface area (Å²) in [6.07, 6.45) is 1.46. The van der Waals surface area contributed by atoms with Crippen molar-refractivity contribution in [1.29, 1.82) is 5.26 Å². The van der Waals surface area contributed by atoms with Crippen molar-refractivity contribution in [2.24, 2.45) is 0 Å². The Morgan fingerprint density at radius 3 is 2.88 bits per heavy atom. The van der Waals surface area contributed by atoms with Gasteiger partial charge in [0.05, 0.1) is 6.07 Å². The molecule has 0 saturated carbocycles. The Morgan fingerprint density at radius 2 is 2.29 bits per heavy atom. The predicted molar refractivity (Wildman–Crippen MR) is 64.6 cm³/mol. The van der Waals surface area contributed by atoms with Crippen LogP contribution in [-0.4, -0.2) is 17.1 Å². The highest BCUT2D eigenvalue weighted by molar-refractivity contribution is 5.96. The molecule has 0 aromatic heterocycles. The second kappa shape index (κ2) is 5.90. The van der Waals surface area contributed by atoms with Crippen LogP contribution in [0.4, 0.5) is 0 Å². The molecule has 1 unspecified atom stereocenters. The zero-order valence-electron chi connectivity index (χ0n) is 10.0. The van der Waals surface area contributed by atoms with Crippen molar-refractivity contribution < 1.29 is 9.90 Å². The van der Waals surface area contributed by atoms with Crippen LogP contribution in [-0.2, 0) is 0 Å². The minimum absolute atomic E-state index is 0.0849. The molecule has 1 aromatic carbocycles. The third-order valence-corrected chi connectivity index (χ3v) is 2.59. The Hall–Kier alpha value is -2.02. The van der Waals surface area contributed by atoms with Gasteiger partial charge in [0.25, 0.3) is 5.91 Å². The first-order valence-electron chi connectivity index (χ1n) is 5.59. The number of hydrogen-bond donors (Lipinski definition) is 2. The Labute approximate surface area is 101 Å². The second-order valence-corrected chi connectivity index (χ2v) is 3.89. The molecule has 1 aromatic rings. The third kappa shape index (κ3) is 3.22. The lowest BCUT2D eigenvalue weighted by Gasteiger charge is -2.12. The van der Waals surface area contributed by atoms with E-state index in [1.165, 1.54) is 6.07 Å². The van der Waals surface area contributed by atoms with Gasteiger partial charge in [-0.1, -0.05) is 19.4 Å². The molecule has 0 bridgehead atoms. The van der Waals surface area contributed by atoms with Crippen molar-refractivity contribution in [1.82, 2.24) is 5.32 Å². The zero-order valence-corrected chi connectivity index (χ0v) is 10.0. The zero-order chi connectivity index (χ0) is 12.8. The summed E-state index contributed by atoms with van der Waals surface area (Å²) in [7, 11) is 0. The summed E-state index contributed by atoms with van der Waals surface area (Å²) < 4.78 is 0. The molecular weight excluding hydrogens is 216 g/mol. The number of benzene rings is 1. The first-order valence-corrected chi connectivity index (χ1v) is 5.59. The molecule has 0 spiro atoms. The van der Waals surface area contributed by atoms with E-state index in [0.717, 1.165) is 6.42 Å². The van der Waals surface area contributed by atoms with Crippen LogP contribution in [0, 0.1) is 18.3 Å². The number of hydrogen-bond acceptors (Lipinski definition) is 3. The SMILES string of the molecule is CCCC(C#N)NC(=O)c1cccc(O)c1C. The summed E-state index contributed by atoms with van der Waals surface area (Å²) in [4.78, 5) is 11.9. The van der Waals surface area contributed by atoms with E-state index in [-0.39, 0.29) is 11.7 Å². The van der Waals surface area contributed by atoms with Gasteiger partial charge in [-0.3, -0.25) is 4.79 Å². The van der Waals surface area contributed by atoms with Crippen molar-refractivity contribution in [2.75, 3.05) is 0 Å². The molecule has 0 saturated heterocycles. The first-order chi connectivity index (χ1) is 8.10. The first kappa shape index (κ1) is 13.0. The van der Waals surface area contributed by atoms with Gasteiger partial charge in [-0.2, -0.15) is 5.26 Å². The molecule has 2 N–H and O–H groups in total. The molecule has 0 aliphatic carbocycles. The summed E-state index contributed by atoms with van der Waals surface area (Å²) in [5.41, 5.74) is 0.930. The molecule has 0 aliphatic heterocycles. The molecular formula is C13H16N2O2. The molecule has 1 atom stereocenters. The Bertz CT molecular complexity index is 449. The average molecular weight is 232 g/mol. The molecule has 0 heterocycles. The maximum absolute atomic E-state index is 11.9. The Morgan fingerprint density at radius 1 is 1.59 bits per heavy atom. The number of phenols is 1. The number of carbonyl (C=O) groups is 1. The highest BCUT2D eigenvalue weighted by Crippen LogP contribution is 2.19. The number of nitrogens with zero attached hydrogens (tertiary/aromatic N) is 1. The minimum Gasteiger partial charge on any atom is -0.508 e. The summed E-state index contributed by atoms with van der Waals surface area (Å²) in [5.74, 6) is -0.236. The highest BCUT2D eigenvalue weighted by atomic mass is 16.3. The van der Waals surface area contributed by atoms with Gasteiger partial charge in [-0.25, -0.2) is 0 Å².